The van der Waals surface area contributed by atoms with E-state index in [0.29, 0.717) is 16.8 Å². The number of aromatic amines is 1. The molecule has 2 heterocycles. The van der Waals surface area contributed by atoms with E-state index >= 15 is 0 Å². The number of ketones is 1. The van der Waals surface area contributed by atoms with Gasteiger partial charge in [0.1, 0.15) is 0 Å². The van der Waals surface area contributed by atoms with E-state index in [1.807, 2.05) is 0 Å². The minimum Gasteiger partial charge on any atom is -0.462 e. The summed E-state index contributed by atoms with van der Waals surface area (Å²) in [5.41, 5.74) is 2.62. The van der Waals surface area contributed by atoms with E-state index < -0.39 is 24.3 Å². The zero-order valence-corrected chi connectivity index (χ0v) is 14.6. The Labute approximate surface area is 145 Å². The highest BCUT2D eigenvalue weighted by atomic mass is 16.5. The SMILES string of the molecule is CCOC(=O)c1c(C)[nH]c(C(=O)COC(=O)c2ccc(C)nc2)c1C. The molecule has 0 unspecified atom stereocenters. The van der Waals surface area contributed by atoms with E-state index in [-0.39, 0.29) is 17.9 Å². The fourth-order valence-corrected chi connectivity index (χ4v) is 2.41. The summed E-state index contributed by atoms with van der Waals surface area (Å²) in [6.07, 6.45) is 1.39. The Morgan fingerprint density at radius 2 is 1.80 bits per heavy atom. The molecule has 7 heteroatoms. The van der Waals surface area contributed by atoms with Crippen molar-refractivity contribution in [3.63, 3.8) is 0 Å². The number of carbonyl (C=O) groups is 3. The molecule has 0 saturated heterocycles. The molecule has 25 heavy (non-hydrogen) atoms. The summed E-state index contributed by atoms with van der Waals surface area (Å²) >= 11 is 0. The lowest BCUT2D eigenvalue weighted by molar-refractivity contribution is 0.0471. The van der Waals surface area contributed by atoms with Gasteiger partial charge in [0, 0.05) is 17.6 Å². The fraction of sp³-hybridized carbons (Fsp3) is 0.333. The van der Waals surface area contributed by atoms with E-state index in [0.717, 1.165) is 5.69 Å². The van der Waals surface area contributed by atoms with Gasteiger partial charge in [-0.1, -0.05) is 0 Å². The average Bonchev–Trinajstić information content (AvgIpc) is 2.88. The minimum absolute atomic E-state index is 0.232. The van der Waals surface area contributed by atoms with Crippen molar-refractivity contribution in [3.8, 4) is 0 Å². The summed E-state index contributed by atoms with van der Waals surface area (Å²) < 4.78 is 10.0. The van der Waals surface area contributed by atoms with Crippen LogP contribution in [0.2, 0.25) is 0 Å². The first-order chi connectivity index (χ1) is 11.8. The second kappa shape index (κ2) is 7.74. The number of carbonyl (C=O) groups excluding carboxylic acids is 3. The highest BCUT2D eigenvalue weighted by molar-refractivity contribution is 6.03. The number of hydrogen-bond donors (Lipinski definition) is 1. The van der Waals surface area contributed by atoms with E-state index in [1.54, 1.807) is 39.8 Å². The maximum absolute atomic E-state index is 12.3. The molecule has 0 aromatic carbocycles. The third-order valence-corrected chi connectivity index (χ3v) is 3.68. The fourth-order valence-electron chi connectivity index (χ4n) is 2.41. The number of hydrogen-bond acceptors (Lipinski definition) is 6. The third-order valence-electron chi connectivity index (χ3n) is 3.68. The summed E-state index contributed by atoms with van der Waals surface area (Å²) in [5.74, 6) is -1.55. The molecule has 2 aromatic heterocycles. The van der Waals surface area contributed by atoms with E-state index in [2.05, 4.69) is 9.97 Å². The highest BCUT2D eigenvalue weighted by Crippen LogP contribution is 2.19. The summed E-state index contributed by atoms with van der Waals surface area (Å²) in [7, 11) is 0. The number of rotatable bonds is 6. The molecule has 0 bridgehead atoms. The molecule has 0 radical (unpaired) electrons. The van der Waals surface area contributed by atoms with Crippen LogP contribution in [0.3, 0.4) is 0 Å². The maximum atomic E-state index is 12.3. The molecule has 1 N–H and O–H groups in total. The molecule has 2 rings (SSSR count). The summed E-state index contributed by atoms with van der Waals surface area (Å²) in [6, 6.07) is 3.26. The lowest BCUT2D eigenvalue weighted by Gasteiger charge is -2.05. The third kappa shape index (κ3) is 4.12. The molecule has 0 atom stereocenters. The van der Waals surface area contributed by atoms with Crippen molar-refractivity contribution in [3.05, 3.63) is 52.1 Å². The molecule has 7 nitrogen and oxygen atoms in total. The van der Waals surface area contributed by atoms with Crippen LogP contribution in [0.5, 0.6) is 0 Å². The first-order valence-electron chi connectivity index (χ1n) is 7.84. The van der Waals surface area contributed by atoms with Gasteiger partial charge in [-0.3, -0.25) is 9.78 Å². The predicted octanol–water partition coefficient (Wildman–Crippen LogP) is 2.55. The van der Waals surface area contributed by atoms with Crippen molar-refractivity contribution < 1.29 is 23.9 Å². The van der Waals surface area contributed by atoms with E-state index in [4.69, 9.17) is 9.47 Å². The van der Waals surface area contributed by atoms with Crippen molar-refractivity contribution in [1.82, 2.24) is 9.97 Å². The van der Waals surface area contributed by atoms with Crippen LogP contribution in [0.15, 0.2) is 18.3 Å². The number of H-pyrrole nitrogens is 1. The zero-order chi connectivity index (χ0) is 18.6. The van der Waals surface area contributed by atoms with Crippen LogP contribution in [-0.4, -0.2) is 40.9 Å². The molecule has 0 saturated carbocycles. The normalized spacial score (nSPS) is 10.4. The summed E-state index contributed by atoms with van der Waals surface area (Å²) in [4.78, 5) is 43.1. The molecule has 0 aliphatic carbocycles. The Kier molecular flexibility index (Phi) is 5.69. The Morgan fingerprint density at radius 3 is 2.40 bits per heavy atom. The van der Waals surface area contributed by atoms with Crippen LogP contribution in [0.25, 0.3) is 0 Å². The average molecular weight is 344 g/mol. The number of aromatic nitrogens is 2. The van der Waals surface area contributed by atoms with Crippen LogP contribution in [-0.2, 0) is 9.47 Å². The predicted molar refractivity (Wildman–Crippen MR) is 89.8 cm³/mol. The van der Waals surface area contributed by atoms with Crippen molar-refractivity contribution in [2.75, 3.05) is 13.2 Å². The first-order valence-corrected chi connectivity index (χ1v) is 7.84. The summed E-state index contributed by atoms with van der Waals surface area (Å²) in [5, 5.41) is 0. The van der Waals surface area contributed by atoms with Crippen molar-refractivity contribution in [2.45, 2.75) is 27.7 Å². The number of ether oxygens (including phenoxy) is 2. The van der Waals surface area contributed by atoms with Crippen LogP contribution in [0, 0.1) is 20.8 Å². The number of pyridine rings is 1. The van der Waals surface area contributed by atoms with Gasteiger partial charge in [-0.25, -0.2) is 9.59 Å². The van der Waals surface area contributed by atoms with Crippen molar-refractivity contribution in [1.29, 1.82) is 0 Å². The van der Waals surface area contributed by atoms with Gasteiger partial charge in [0.15, 0.2) is 6.61 Å². The topological polar surface area (TPSA) is 98.4 Å². The van der Waals surface area contributed by atoms with Crippen molar-refractivity contribution >= 4 is 17.7 Å². The Morgan fingerprint density at radius 1 is 1.08 bits per heavy atom. The quantitative estimate of drug-likeness (QED) is 0.639. The number of Topliss-reactive ketones (excluding diaryl/α,β-unsaturated/α-hetero) is 1. The Hall–Kier alpha value is -2.96. The van der Waals surface area contributed by atoms with Gasteiger partial charge in [0.05, 0.1) is 23.4 Å². The summed E-state index contributed by atoms with van der Waals surface area (Å²) in [6.45, 7) is 6.65. The van der Waals surface area contributed by atoms with Gasteiger partial charge in [-0.2, -0.15) is 0 Å². The highest BCUT2D eigenvalue weighted by Gasteiger charge is 2.23. The lowest BCUT2D eigenvalue weighted by Crippen LogP contribution is -2.16. The largest absolute Gasteiger partial charge is 0.462 e. The molecule has 0 fully saturated rings. The monoisotopic (exact) mass is 344 g/mol. The minimum atomic E-state index is -0.632. The molecule has 0 spiro atoms. The zero-order valence-electron chi connectivity index (χ0n) is 14.6. The van der Waals surface area contributed by atoms with Gasteiger partial charge in [-0.05, 0) is 45.4 Å². The molecular formula is C18H20N2O5. The molecule has 0 amide bonds. The van der Waals surface area contributed by atoms with Gasteiger partial charge >= 0.3 is 11.9 Å². The molecule has 0 aliphatic heterocycles. The smallest absolute Gasteiger partial charge is 0.340 e. The second-order valence-corrected chi connectivity index (χ2v) is 5.53. The van der Waals surface area contributed by atoms with E-state index in [1.165, 1.54) is 6.20 Å². The first kappa shape index (κ1) is 18.4. The van der Waals surface area contributed by atoms with E-state index in [9.17, 15) is 14.4 Å². The molecular weight excluding hydrogens is 324 g/mol. The number of nitrogens with zero attached hydrogens (tertiary/aromatic N) is 1. The Bertz CT molecular complexity index is 806. The number of aryl methyl sites for hydroxylation is 2. The van der Waals surface area contributed by atoms with Crippen LogP contribution in [0.1, 0.15) is 55.1 Å². The molecule has 0 aliphatic rings. The van der Waals surface area contributed by atoms with Crippen LogP contribution >= 0.6 is 0 Å². The van der Waals surface area contributed by atoms with Gasteiger partial charge in [0.25, 0.3) is 0 Å². The maximum Gasteiger partial charge on any atom is 0.340 e. The standard InChI is InChI=1S/C18H20N2O5/c1-5-24-18(23)15-11(3)16(20-12(15)4)14(21)9-25-17(22)13-7-6-10(2)19-8-13/h6-8,20H,5,9H2,1-4H3. The molecule has 132 valence electrons. The van der Waals surface area contributed by atoms with Gasteiger partial charge in [0.2, 0.25) is 5.78 Å². The number of nitrogens with one attached hydrogen (secondary N) is 1. The van der Waals surface area contributed by atoms with Gasteiger partial charge in [-0.15, -0.1) is 0 Å². The number of esters is 2. The van der Waals surface area contributed by atoms with Crippen LogP contribution in [0.4, 0.5) is 0 Å². The van der Waals surface area contributed by atoms with Crippen LogP contribution < -0.4 is 0 Å². The lowest BCUT2D eigenvalue weighted by atomic mass is 10.1. The Balaban J connectivity index is 2.08. The van der Waals surface area contributed by atoms with Gasteiger partial charge < -0.3 is 14.5 Å². The molecule has 2 aromatic rings. The van der Waals surface area contributed by atoms with Crippen molar-refractivity contribution in [2.24, 2.45) is 0 Å². The second-order valence-electron chi connectivity index (χ2n) is 5.53.